The first kappa shape index (κ1) is 17.1. The van der Waals surface area contributed by atoms with Crippen molar-refractivity contribution in [1.82, 2.24) is 5.32 Å². The predicted octanol–water partition coefficient (Wildman–Crippen LogP) is 1.93. The fourth-order valence-corrected chi connectivity index (χ4v) is 2.13. The summed E-state index contributed by atoms with van der Waals surface area (Å²) in [5.41, 5.74) is 0.641. The zero-order valence-electron chi connectivity index (χ0n) is 12.6. The summed E-state index contributed by atoms with van der Waals surface area (Å²) in [6.07, 6.45) is 1.75. The number of ether oxygens (including phenoxy) is 2. The van der Waals surface area contributed by atoms with Crippen molar-refractivity contribution >= 4 is 0 Å². The van der Waals surface area contributed by atoms with E-state index in [-0.39, 0.29) is 6.61 Å². The van der Waals surface area contributed by atoms with Crippen molar-refractivity contribution in [3.8, 4) is 0 Å². The molecule has 0 aliphatic heterocycles. The lowest BCUT2D eigenvalue weighted by Gasteiger charge is -2.32. The summed E-state index contributed by atoms with van der Waals surface area (Å²) in [5.74, 6) is 0. The van der Waals surface area contributed by atoms with Crippen LogP contribution in [0.3, 0.4) is 0 Å². The molecule has 1 rings (SSSR count). The Labute approximate surface area is 122 Å². The van der Waals surface area contributed by atoms with Gasteiger partial charge in [-0.15, -0.1) is 0 Å². The van der Waals surface area contributed by atoms with Gasteiger partial charge in [-0.3, -0.25) is 0 Å². The third-order valence-corrected chi connectivity index (χ3v) is 3.47. The highest BCUT2D eigenvalue weighted by Gasteiger charge is 2.29. The molecule has 0 aromatic heterocycles. The van der Waals surface area contributed by atoms with Gasteiger partial charge in [0.1, 0.15) is 0 Å². The highest BCUT2D eigenvalue weighted by Crippen LogP contribution is 2.24. The Hall–Kier alpha value is -0.940. The molecule has 4 nitrogen and oxygen atoms in total. The molecule has 0 fully saturated rings. The molecule has 1 aromatic rings. The Balaban J connectivity index is 2.40. The third-order valence-electron chi connectivity index (χ3n) is 3.47. The molecule has 4 heteroatoms. The highest BCUT2D eigenvalue weighted by molar-refractivity contribution is 5.24. The van der Waals surface area contributed by atoms with Crippen LogP contribution in [0.5, 0.6) is 0 Å². The van der Waals surface area contributed by atoms with Crippen LogP contribution >= 0.6 is 0 Å². The first-order valence-electron chi connectivity index (χ1n) is 7.30. The Morgan fingerprint density at radius 2 is 1.70 bits per heavy atom. The van der Waals surface area contributed by atoms with Crippen molar-refractivity contribution in [3.63, 3.8) is 0 Å². The molecule has 0 radical (unpaired) electrons. The number of likely N-dealkylation sites (N-methyl/N-ethyl adjacent to an activating group) is 1. The lowest BCUT2D eigenvalue weighted by molar-refractivity contribution is 0.0326. The summed E-state index contributed by atoms with van der Waals surface area (Å²) >= 11 is 0. The van der Waals surface area contributed by atoms with Gasteiger partial charge in [-0.25, -0.2) is 0 Å². The van der Waals surface area contributed by atoms with Crippen LogP contribution in [-0.2, 0) is 15.0 Å². The molecule has 0 saturated carbocycles. The maximum atomic E-state index is 9.76. The van der Waals surface area contributed by atoms with E-state index in [1.165, 1.54) is 0 Å². The van der Waals surface area contributed by atoms with Crippen LogP contribution in [0.1, 0.15) is 25.3 Å². The minimum Gasteiger partial charge on any atom is -0.394 e. The second kappa shape index (κ2) is 9.88. The Bertz CT molecular complexity index is 339. The molecule has 0 saturated heterocycles. The maximum absolute atomic E-state index is 9.76. The molecular formula is C16H27NO3. The van der Waals surface area contributed by atoms with Crippen LogP contribution in [0.15, 0.2) is 30.3 Å². The quantitative estimate of drug-likeness (QED) is 0.609. The molecule has 2 N–H and O–H groups in total. The number of benzene rings is 1. The lowest BCUT2D eigenvalue weighted by atomic mass is 9.88. The van der Waals surface area contributed by atoms with E-state index in [0.29, 0.717) is 19.8 Å². The van der Waals surface area contributed by atoms with Crippen LogP contribution in [0.25, 0.3) is 0 Å². The minimum absolute atomic E-state index is 0.0448. The van der Waals surface area contributed by atoms with E-state index in [9.17, 15) is 5.11 Å². The van der Waals surface area contributed by atoms with Crippen molar-refractivity contribution in [1.29, 1.82) is 0 Å². The van der Waals surface area contributed by atoms with E-state index in [1.807, 2.05) is 37.4 Å². The van der Waals surface area contributed by atoms with E-state index in [4.69, 9.17) is 9.47 Å². The summed E-state index contributed by atoms with van der Waals surface area (Å²) in [6, 6.07) is 9.99. The normalized spacial score (nSPS) is 14.2. The largest absolute Gasteiger partial charge is 0.394 e. The number of hydrogen-bond acceptors (Lipinski definition) is 4. The molecule has 0 amide bonds. The minimum atomic E-state index is -0.439. The first-order valence-corrected chi connectivity index (χ1v) is 7.30. The standard InChI is InChI=1S/C16H27NO3/c1-3-10-19-12-13-20-11-9-16(14-18,17-2)15-7-5-4-6-8-15/h4-8,17-18H,3,9-14H2,1-2H3. The Morgan fingerprint density at radius 3 is 2.25 bits per heavy atom. The first-order chi connectivity index (χ1) is 9.79. The molecule has 20 heavy (non-hydrogen) atoms. The molecule has 1 atom stereocenters. The van der Waals surface area contributed by atoms with Gasteiger partial charge in [0.2, 0.25) is 0 Å². The smallest absolute Gasteiger partial charge is 0.0700 e. The molecule has 0 heterocycles. The third kappa shape index (κ3) is 5.21. The van der Waals surface area contributed by atoms with Gasteiger partial charge in [0.05, 0.1) is 25.4 Å². The molecule has 1 unspecified atom stereocenters. The van der Waals surface area contributed by atoms with Crippen LogP contribution in [0.4, 0.5) is 0 Å². The second-order valence-electron chi connectivity index (χ2n) is 4.83. The fourth-order valence-electron chi connectivity index (χ4n) is 2.13. The van der Waals surface area contributed by atoms with Gasteiger partial charge in [-0.1, -0.05) is 37.3 Å². The van der Waals surface area contributed by atoms with Crippen molar-refractivity contribution in [2.75, 3.05) is 40.1 Å². The number of rotatable bonds is 11. The average molecular weight is 281 g/mol. The van der Waals surface area contributed by atoms with Gasteiger partial charge in [0.15, 0.2) is 0 Å². The van der Waals surface area contributed by atoms with Crippen molar-refractivity contribution in [3.05, 3.63) is 35.9 Å². The molecule has 1 aromatic carbocycles. The van der Waals surface area contributed by atoms with Gasteiger partial charge in [0.25, 0.3) is 0 Å². The second-order valence-corrected chi connectivity index (χ2v) is 4.83. The summed E-state index contributed by atoms with van der Waals surface area (Å²) < 4.78 is 10.9. The molecule has 0 spiro atoms. The predicted molar refractivity (Wildman–Crippen MR) is 80.8 cm³/mol. The summed E-state index contributed by atoms with van der Waals surface area (Å²) in [5, 5.41) is 13.0. The van der Waals surface area contributed by atoms with Gasteiger partial charge < -0.3 is 19.9 Å². The number of nitrogens with one attached hydrogen (secondary N) is 1. The van der Waals surface area contributed by atoms with Crippen LogP contribution in [0.2, 0.25) is 0 Å². The topological polar surface area (TPSA) is 50.7 Å². The highest BCUT2D eigenvalue weighted by atomic mass is 16.5. The van der Waals surface area contributed by atoms with E-state index >= 15 is 0 Å². The van der Waals surface area contributed by atoms with Gasteiger partial charge in [-0.2, -0.15) is 0 Å². The number of aliphatic hydroxyl groups excluding tert-OH is 1. The SMILES string of the molecule is CCCOCCOCCC(CO)(NC)c1ccccc1. The molecule has 0 aliphatic carbocycles. The van der Waals surface area contributed by atoms with Gasteiger partial charge in [0, 0.05) is 13.2 Å². The molecule has 0 bridgehead atoms. The van der Waals surface area contributed by atoms with Gasteiger partial charge in [-0.05, 0) is 25.5 Å². The fraction of sp³-hybridized carbons (Fsp3) is 0.625. The maximum Gasteiger partial charge on any atom is 0.0700 e. The Morgan fingerprint density at radius 1 is 1.05 bits per heavy atom. The Kier molecular flexibility index (Phi) is 8.46. The van der Waals surface area contributed by atoms with Crippen LogP contribution in [-0.4, -0.2) is 45.2 Å². The van der Waals surface area contributed by atoms with Crippen molar-refractivity contribution in [2.24, 2.45) is 0 Å². The lowest BCUT2D eigenvalue weighted by Crippen LogP contribution is -2.44. The molecular weight excluding hydrogens is 254 g/mol. The average Bonchev–Trinajstić information content (AvgIpc) is 2.52. The monoisotopic (exact) mass is 281 g/mol. The van der Waals surface area contributed by atoms with E-state index < -0.39 is 5.54 Å². The van der Waals surface area contributed by atoms with Crippen LogP contribution in [0, 0.1) is 0 Å². The van der Waals surface area contributed by atoms with Crippen molar-refractivity contribution in [2.45, 2.75) is 25.3 Å². The van der Waals surface area contributed by atoms with Gasteiger partial charge >= 0.3 is 0 Å². The van der Waals surface area contributed by atoms with Crippen molar-refractivity contribution < 1.29 is 14.6 Å². The van der Waals surface area contributed by atoms with Crippen LogP contribution < -0.4 is 5.32 Å². The summed E-state index contributed by atoms with van der Waals surface area (Å²) in [4.78, 5) is 0. The number of aliphatic hydroxyl groups is 1. The molecule has 114 valence electrons. The summed E-state index contributed by atoms with van der Waals surface area (Å²) in [7, 11) is 1.87. The zero-order chi connectivity index (χ0) is 14.7. The zero-order valence-corrected chi connectivity index (χ0v) is 12.6. The number of hydrogen-bond donors (Lipinski definition) is 2. The van der Waals surface area contributed by atoms with E-state index in [1.54, 1.807) is 0 Å². The summed E-state index contributed by atoms with van der Waals surface area (Å²) in [6.45, 7) is 4.73. The molecule has 0 aliphatic rings. The van der Waals surface area contributed by atoms with E-state index in [0.717, 1.165) is 25.0 Å². The van der Waals surface area contributed by atoms with E-state index in [2.05, 4.69) is 12.2 Å².